The van der Waals surface area contributed by atoms with Gasteiger partial charge < -0.3 is 15.2 Å². The minimum atomic E-state index is -1.04. The van der Waals surface area contributed by atoms with E-state index in [-0.39, 0.29) is 23.0 Å². The minimum absolute atomic E-state index is 0.111. The largest absolute Gasteiger partial charge is 0.478 e. The smallest absolute Gasteiger partial charge is 0.335 e. The Hall–Kier alpha value is -2.96. The predicted molar refractivity (Wildman–Crippen MR) is 73.5 cm³/mol. The fraction of sp³-hybridized carbons (Fsp3) is 0.143. The van der Waals surface area contributed by atoms with E-state index in [1.54, 1.807) is 19.1 Å². The van der Waals surface area contributed by atoms with Gasteiger partial charge in [0.2, 0.25) is 5.88 Å². The Bertz CT molecular complexity index is 656. The number of hydrogen-bond acceptors (Lipinski definition) is 5. The molecule has 7 nitrogen and oxygen atoms in total. The summed E-state index contributed by atoms with van der Waals surface area (Å²) in [6, 6.07) is 8.97. The van der Waals surface area contributed by atoms with Gasteiger partial charge in [-0.3, -0.25) is 4.79 Å². The molecule has 0 saturated heterocycles. The van der Waals surface area contributed by atoms with E-state index in [4.69, 9.17) is 9.84 Å². The highest BCUT2D eigenvalue weighted by molar-refractivity contribution is 5.92. The monoisotopic (exact) mass is 287 g/mol. The summed E-state index contributed by atoms with van der Waals surface area (Å²) in [5.41, 5.74) is 0.294. The van der Waals surface area contributed by atoms with Gasteiger partial charge in [0.05, 0.1) is 5.56 Å². The third kappa shape index (κ3) is 3.75. The van der Waals surface area contributed by atoms with Crippen molar-refractivity contribution in [3.05, 3.63) is 47.7 Å². The van der Waals surface area contributed by atoms with Crippen LogP contribution in [0.1, 0.15) is 27.8 Å². The first-order valence-corrected chi connectivity index (χ1v) is 6.23. The number of ether oxygens (including phenoxy) is 1. The maximum Gasteiger partial charge on any atom is 0.335 e. The van der Waals surface area contributed by atoms with Crippen LogP contribution in [0, 0.1) is 0 Å². The molecule has 1 aromatic carbocycles. The molecule has 0 unspecified atom stereocenters. The van der Waals surface area contributed by atoms with Crippen molar-refractivity contribution in [3.63, 3.8) is 0 Å². The first-order valence-electron chi connectivity index (χ1n) is 6.23. The van der Waals surface area contributed by atoms with Crippen LogP contribution in [0.4, 0.5) is 0 Å². The first kappa shape index (κ1) is 14.4. The highest BCUT2D eigenvalue weighted by atomic mass is 16.5. The number of nitrogens with zero attached hydrogens (tertiary/aromatic N) is 2. The van der Waals surface area contributed by atoms with Gasteiger partial charge in [0, 0.05) is 12.6 Å². The van der Waals surface area contributed by atoms with E-state index in [0.717, 1.165) is 0 Å². The van der Waals surface area contributed by atoms with E-state index in [2.05, 4.69) is 15.5 Å². The average molecular weight is 287 g/mol. The number of carbonyl (C=O) groups excluding carboxylic acids is 1. The topological polar surface area (TPSA) is 101 Å². The Morgan fingerprint density at radius 3 is 2.67 bits per heavy atom. The Kier molecular flexibility index (Phi) is 4.45. The van der Waals surface area contributed by atoms with Crippen molar-refractivity contribution >= 4 is 11.9 Å². The highest BCUT2D eigenvalue weighted by Crippen LogP contribution is 2.20. The van der Waals surface area contributed by atoms with Crippen LogP contribution in [-0.2, 0) is 0 Å². The summed E-state index contributed by atoms with van der Waals surface area (Å²) in [6.45, 7) is 2.30. The molecule has 1 amide bonds. The average Bonchev–Trinajstić information content (AvgIpc) is 2.48. The van der Waals surface area contributed by atoms with Crippen molar-refractivity contribution in [2.45, 2.75) is 6.92 Å². The molecule has 0 saturated carbocycles. The summed E-state index contributed by atoms with van der Waals surface area (Å²) in [5.74, 6) is -0.858. The number of benzene rings is 1. The van der Waals surface area contributed by atoms with Crippen molar-refractivity contribution in [1.29, 1.82) is 0 Å². The number of carbonyl (C=O) groups is 2. The molecule has 21 heavy (non-hydrogen) atoms. The quantitative estimate of drug-likeness (QED) is 0.868. The van der Waals surface area contributed by atoms with E-state index in [0.29, 0.717) is 12.3 Å². The Morgan fingerprint density at radius 1 is 1.24 bits per heavy atom. The van der Waals surface area contributed by atoms with Gasteiger partial charge in [0.1, 0.15) is 5.75 Å². The predicted octanol–water partition coefficient (Wildman–Crippen LogP) is 1.72. The summed E-state index contributed by atoms with van der Waals surface area (Å²) in [4.78, 5) is 22.4. The third-order valence-corrected chi connectivity index (χ3v) is 2.51. The molecule has 0 spiro atoms. The zero-order chi connectivity index (χ0) is 15.2. The van der Waals surface area contributed by atoms with Crippen LogP contribution in [0.2, 0.25) is 0 Å². The van der Waals surface area contributed by atoms with Crippen LogP contribution < -0.4 is 10.1 Å². The zero-order valence-electron chi connectivity index (χ0n) is 11.2. The molecule has 2 rings (SSSR count). The fourth-order valence-corrected chi connectivity index (χ4v) is 1.56. The first-order chi connectivity index (χ1) is 10.1. The molecule has 2 aromatic rings. The van der Waals surface area contributed by atoms with E-state index < -0.39 is 5.97 Å². The van der Waals surface area contributed by atoms with Crippen LogP contribution in [0.25, 0.3) is 0 Å². The molecule has 108 valence electrons. The van der Waals surface area contributed by atoms with Gasteiger partial charge in [0.15, 0.2) is 5.69 Å². The SMILES string of the molecule is CCNC(=O)c1ccc(Oc2cccc(C(=O)O)c2)nn1. The van der Waals surface area contributed by atoms with E-state index in [9.17, 15) is 9.59 Å². The van der Waals surface area contributed by atoms with Crippen LogP contribution in [0.5, 0.6) is 11.6 Å². The summed E-state index contributed by atoms with van der Waals surface area (Å²) in [5, 5.41) is 19.0. The lowest BCUT2D eigenvalue weighted by Crippen LogP contribution is -2.23. The van der Waals surface area contributed by atoms with Crippen LogP contribution >= 0.6 is 0 Å². The maximum absolute atomic E-state index is 11.5. The van der Waals surface area contributed by atoms with Gasteiger partial charge in [-0.25, -0.2) is 4.79 Å². The number of aromatic nitrogens is 2. The Labute approximate surface area is 120 Å². The lowest BCUT2D eigenvalue weighted by atomic mass is 10.2. The van der Waals surface area contributed by atoms with E-state index in [1.165, 1.54) is 24.3 Å². The van der Waals surface area contributed by atoms with Crippen molar-refractivity contribution in [2.75, 3.05) is 6.54 Å². The molecular formula is C14H13N3O4. The Balaban J connectivity index is 2.11. The molecule has 1 heterocycles. The van der Waals surface area contributed by atoms with Gasteiger partial charge in [0.25, 0.3) is 5.91 Å². The van der Waals surface area contributed by atoms with Gasteiger partial charge in [-0.2, -0.15) is 0 Å². The van der Waals surface area contributed by atoms with Crippen molar-refractivity contribution in [1.82, 2.24) is 15.5 Å². The second-order valence-corrected chi connectivity index (χ2v) is 4.05. The number of carboxylic acid groups (broad SMARTS) is 1. The number of carboxylic acids is 1. The van der Waals surface area contributed by atoms with Crippen molar-refractivity contribution in [2.24, 2.45) is 0 Å². The summed E-state index contributed by atoms with van der Waals surface area (Å²) >= 11 is 0. The van der Waals surface area contributed by atoms with E-state index in [1.807, 2.05) is 0 Å². The number of rotatable bonds is 5. The molecular weight excluding hydrogens is 274 g/mol. The van der Waals surface area contributed by atoms with Crippen LogP contribution in [0.15, 0.2) is 36.4 Å². The van der Waals surface area contributed by atoms with Gasteiger partial charge >= 0.3 is 5.97 Å². The molecule has 0 bridgehead atoms. The number of aromatic carboxylic acids is 1. The lowest BCUT2D eigenvalue weighted by molar-refractivity contribution is 0.0696. The third-order valence-electron chi connectivity index (χ3n) is 2.51. The number of amides is 1. The highest BCUT2D eigenvalue weighted by Gasteiger charge is 2.08. The number of hydrogen-bond donors (Lipinski definition) is 2. The molecule has 2 N–H and O–H groups in total. The molecule has 0 aliphatic heterocycles. The molecule has 0 aliphatic carbocycles. The summed E-state index contributed by atoms with van der Waals surface area (Å²) in [7, 11) is 0. The second kappa shape index (κ2) is 6.47. The molecule has 1 aromatic heterocycles. The van der Waals surface area contributed by atoms with Crippen LogP contribution in [0.3, 0.4) is 0 Å². The molecule has 7 heteroatoms. The van der Waals surface area contributed by atoms with Crippen molar-refractivity contribution in [3.8, 4) is 11.6 Å². The van der Waals surface area contributed by atoms with Crippen molar-refractivity contribution < 1.29 is 19.4 Å². The molecule has 0 aliphatic rings. The van der Waals surface area contributed by atoms with E-state index >= 15 is 0 Å². The van der Waals surface area contributed by atoms with Crippen LogP contribution in [-0.4, -0.2) is 33.7 Å². The zero-order valence-corrected chi connectivity index (χ0v) is 11.2. The molecule has 0 radical (unpaired) electrons. The normalized spacial score (nSPS) is 9.95. The molecule has 0 fully saturated rings. The molecule has 0 atom stereocenters. The van der Waals surface area contributed by atoms with Gasteiger partial charge in [-0.05, 0) is 31.2 Å². The minimum Gasteiger partial charge on any atom is -0.478 e. The maximum atomic E-state index is 11.5. The van der Waals surface area contributed by atoms with Gasteiger partial charge in [-0.15, -0.1) is 10.2 Å². The standard InChI is InChI=1S/C14H13N3O4/c1-2-15-13(18)11-6-7-12(17-16-11)21-10-5-3-4-9(8-10)14(19)20/h3-8H,2H2,1H3,(H,15,18)(H,19,20). The fourth-order valence-electron chi connectivity index (χ4n) is 1.56. The lowest BCUT2D eigenvalue weighted by Gasteiger charge is -2.05. The second-order valence-electron chi connectivity index (χ2n) is 4.05. The number of nitrogens with one attached hydrogen (secondary N) is 1. The Morgan fingerprint density at radius 2 is 2.05 bits per heavy atom. The summed E-state index contributed by atoms with van der Waals surface area (Å²) in [6.07, 6.45) is 0. The van der Waals surface area contributed by atoms with Gasteiger partial charge in [-0.1, -0.05) is 6.07 Å². The summed E-state index contributed by atoms with van der Waals surface area (Å²) < 4.78 is 5.40.